The molecular formula is C19H27N3O2W. The molecule has 0 bridgehead atoms. The van der Waals surface area contributed by atoms with Gasteiger partial charge >= 0.3 is 161 Å². The van der Waals surface area contributed by atoms with Gasteiger partial charge in [-0.2, -0.15) is 0 Å². The van der Waals surface area contributed by atoms with Crippen LogP contribution >= 0.6 is 0 Å². The van der Waals surface area contributed by atoms with Gasteiger partial charge in [0.05, 0.1) is 0 Å². The summed E-state index contributed by atoms with van der Waals surface area (Å²) in [6.45, 7) is 4.32. The summed E-state index contributed by atoms with van der Waals surface area (Å²) in [5, 5.41) is 3.11. The van der Waals surface area contributed by atoms with E-state index < -0.39 is 5.91 Å². The van der Waals surface area contributed by atoms with Crippen LogP contribution in [0, 0.1) is 0 Å². The standard InChI is InChI=1S/C19H27N3O2.W/c1-4-6-13-17(10-5-2)24-15(3)21-19(14-18(20)23)22-16-11-8-7-9-12-16;/h3,7-9,11-12,14,17,22H,4-6,10,13H2,1-2H3,(H2,20,23);/b19-14?,21-15+;. The Labute approximate surface area is 161 Å². The van der Waals surface area contributed by atoms with Crippen molar-refractivity contribution in [3.05, 3.63) is 42.2 Å². The van der Waals surface area contributed by atoms with Gasteiger partial charge in [0, 0.05) is 0 Å². The summed E-state index contributed by atoms with van der Waals surface area (Å²) in [6.07, 6.45) is 6.74. The van der Waals surface area contributed by atoms with Crippen molar-refractivity contribution < 1.29 is 28.9 Å². The van der Waals surface area contributed by atoms with Crippen LogP contribution in [0.2, 0.25) is 0 Å². The zero-order valence-corrected chi connectivity index (χ0v) is 17.8. The Hall–Kier alpha value is -1.74. The molecule has 136 valence electrons. The van der Waals surface area contributed by atoms with Crippen molar-refractivity contribution in [2.24, 2.45) is 10.7 Å². The van der Waals surface area contributed by atoms with Gasteiger partial charge in [-0.1, -0.05) is 0 Å². The number of amides is 1. The molecule has 3 N–H and O–H groups in total. The zero-order valence-electron chi connectivity index (χ0n) is 14.9. The monoisotopic (exact) mass is 513 g/mol. The number of primary amides is 1. The fraction of sp³-hybridized carbons (Fsp3) is 0.421. The number of carbonyl (C=O) groups is 1. The average Bonchev–Trinajstić information content (AvgIpc) is 2.59. The molecule has 5 nitrogen and oxygen atoms in total. The van der Waals surface area contributed by atoms with E-state index in [-0.39, 0.29) is 6.10 Å². The van der Waals surface area contributed by atoms with Crippen molar-refractivity contribution in [2.75, 3.05) is 5.32 Å². The van der Waals surface area contributed by atoms with E-state index in [1.165, 1.54) is 25.4 Å². The van der Waals surface area contributed by atoms with E-state index in [9.17, 15) is 4.79 Å². The van der Waals surface area contributed by atoms with Crippen molar-refractivity contribution >= 4 is 21.9 Å². The number of benzene rings is 1. The van der Waals surface area contributed by atoms with Gasteiger partial charge < -0.3 is 0 Å². The molecule has 0 fully saturated rings. The molecule has 0 spiro atoms. The van der Waals surface area contributed by atoms with Gasteiger partial charge in [-0.25, -0.2) is 0 Å². The van der Waals surface area contributed by atoms with Gasteiger partial charge in [-0.15, -0.1) is 0 Å². The van der Waals surface area contributed by atoms with Gasteiger partial charge in [0.15, 0.2) is 0 Å². The Bertz CT molecular complexity index is 600. The zero-order chi connectivity index (χ0) is 18.5. The van der Waals surface area contributed by atoms with Crippen LogP contribution in [0.1, 0.15) is 46.0 Å². The van der Waals surface area contributed by atoms with E-state index in [4.69, 9.17) is 10.5 Å². The second-order valence-corrected chi connectivity index (χ2v) is 6.51. The summed E-state index contributed by atoms with van der Waals surface area (Å²) < 4.78 is 7.96. The predicted molar refractivity (Wildman–Crippen MR) is 100 cm³/mol. The molecule has 0 heterocycles. The second-order valence-electron chi connectivity index (χ2n) is 5.66. The van der Waals surface area contributed by atoms with E-state index in [1.54, 1.807) is 0 Å². The van der Waals surface area contributed by atoms with Gasteiger partial charge in [0.25, 0.3) is 0 Å². The number of aliphatic imine (C=N–C) groups is 1. The number of hydrogen-bond acceptors (Lipinski definition) is 4. The maximum absolute atomic E-state index is 11.3. The topological polar surface area (TPSA) is 76.7 Å². The minimum absolute atomic E-state index is 0.144. The second kappa shape index (κ2) is 12.6. The third-order valence-electron chi connectivity index (χ3n) is 3.43. The molecular weight excluding hydrogens is 486 g/mol. The molecule has 1 rings (SSSR count). The summed E-state index contributed by atoms with van der Waals surface area (Å²) in [4.78, 5) is 15.8. The Morgan fingerprint density at radius 2 is 2.00 bits per heavy atom. The third-order valence-corrected chi connectivity index (χ3v) is 4.16. The molecule has 25 heavy (non-hydrogen) atoms. The van der Waals surface area contributed by atoms with Crippen LogP contribution < -0.4 is 11.1 Å². The van der Waals surface area contributed by atoms with E-state index in [0.717, 1.165) is 37.8 Å². The molecule has 1 aromatic carbocycles. The number of rotatable bonds is 11. The van der Waals surface area contributed by atoms with Crippen LogP contribution in [0.15, 0.2) is 47.2 Å². The molecule has 1 amide bonds. The quantitative estimate of drug-likeness (QED) is 0.270. The number of nitrogens with one attached hydrogen (secondary N) is 1. The molecule has 0 aliphatic heterocycles. The number of hydrogen-bond donors (Lipinski definition) is 2. The molecule has 6 heteroatoms. The Morgan fingerprint density at radius 1 is 1.28 bits per heavy atom. The average molecular weight is 513 g/mol. The SMILES string of the molecule is CCCCC(CCC)O/C([CH]=[W])=N/C(=CC(N)=O)Nc1ccccc1. The van der Waals surface area contributed by atoms with Crippen LogP contribution in [-0.4, -0.2) is 22.3 Å². The number of nitrogens with zero attached hydrogens (tertiary/aromatic N) is 1. The Morgan fingerprint density at radius 3 is 2.56 bits per heavy atom. The molecule has 0 saturated heterocycles. The summed E-state index contributed by atoms with van der Waals surface area (Å²) in [6, 6.07) is 9.53. The van der Waals surface area contributed by atoms with Crippen molar-refractivity contribution in [2.45, 2.75) is 52.1 Å². The first kappa shape index (κ1) is 21.3. The van der Waals surface area contributed by atoms with Gasteiger partial charge in [0.1, 0.15) is 0 Å². The minimum atomic E-state index is -0.555. The number of unbranched alkanes of at least 4 members (excludes halogenated alkanes) is 1. The van der Waals surface area contributed by atoms with Gasteiger partial charge in [0.2, 0.25) is 0 Å². The molecule has 0 radical (unpaired) electrons. The van der Waals surface area contributed by atoms with Gasteiger partial charge in [-0.05, 0) is 0 Å². The van der Waals surface area contributed by atoms with E-state index in [0.29, 0.717) is 11.7 Å². The Kier molecular flexibility index (Phi) is 10.7. The van der Waals surface area contributed by atoms with Crippen LogP contribution in [0.25, 0.3) is 0 Å². The van der Waals surface area contributed by atoms with Crippen LogP contribution in [0.5, 0.6) is 0 Å². The van der Waals surface area contributed by atoms with Crippen molar-refractivity contribution in [3.8, 4) is 0 Å². The number of anilines is 1. The summed E-state index contributed by atoms with van der Waals surface area (Å²) in [5.74, 6) is 0.346. The Balaban J connectivity index is 2.94. The molecule has 0 aliphatic carbocycles. The van der Waals surface area contributed by atoms with Crippen molar-refractivity contribution in [1.29, 1.82) is 0 Å². The normalized spacial score (nSPS) is 13.2. The fourth-order valence-corrected chi connectivity index (χ4v) is 2.68. The number of para-hydroxylation sites is 1. The van der Waals surface area contributed by atoms with Crippen molar-refractivity contribution in [3.63, 3.8) is 0 Å². The first-order valence-corrected chi connectivity index (χ1v) is 10.3. The summed E-state index contributed by atoms with van der Waals surface area (Å²) >= 11 is 1.23. The molecule has 1 unspecified atom stereocenters. The number of ether oxygens (including phenoxy) is 1. The first-order chi connectivity index (χ1) is 12.1. The van der Waals surface area contributed by atoms with Crippen LogP contribution in [0.3, 0.4) is 0 Å². The molecule has 0 saturated carbocycles. The fourth-order valence-electron chi connectivity index (χ4n) is 2.29. The maximum atomic E-state index is 11.3. The number of carbonyl (C=O) groups excluding carboxylic acids is 1. The van der Waals surface area contributed by atoms with E-state index in [1.807, 2.05) is 34.7 Å². The summed E-state index contributed by atoms with van der Waals surface area (Å²) in [5.41, 5.74) is 6.14. The van der Waals surface area contributed by atoms with Crippen molar-refractivity contribution in [1.82, 2.24) is 0 Å². The first-order valence-electron chi connectivity index (χ1n) is 8.62. The van der Waals surface area contributed by atoms with E-state index >= 15 is 0 Å². The predicted octanol–water partition coefficient (Wildman–Crippen LogP) is 3.55. The van der Waals surface area contributed by atoms with E-state index in [2.05, 4.69) is 24.2 Å². The molecule has 0 aliphatic rings. The third kappa shape index (κ3) is 9.35. The van der Waals surface area contributed by atoms with Crippen LogP contribution in [-0.2, 0) is 28.9 Å². The van der Waals surface area contributed by atoms with Gasteiger partial charge in [-0.3, -0.25) is 0 Å². The molecule has 1 atom stereocenters. The molecule has 1 aromatic rings. The summed E-state index contributed by atoms with van der Waals surface area (Å²) in [7, 11) is 0. The number of nitrogens with two attached hydrogens (primary N) is 1. The van der Waals surface area contributed by atoms with Crippen LogP contribution in [0.4, 0.5) is 5.69 Å². The molecule has 0 aromatic heterocycles.